The molecule has 2 amide bonds. The first-order valence-electron chi connectivity index (χ1n) is 11.1. The molecule has 5 nitrogen and oxygen atoms in total. The lowest BCUT2D eigenvalue weighted by Crippen LogP contribution is -2.44. The van der Waals surface area contributed by atoms with Gasteiger partial charge in [-0.3, -0.25) is 9.59 Å². The minimum Gasteiger partial charge on any atom is -0.459 e. The third kappa shape index (κ3) is 4.82. The van der Waals surface area contributed by atoms with Crippen molar-refractivity contribution >= 4 is 22.8 Å². The van der Waals surface area contributed by atoms with Crippen LogP contribution in [0.15, 0.2) is 65.1 Å². The molecule has 3 aromatic rings. The van der Waals surface area contributed by atoms with Gasteiger partial charge in [0.2, 0.25) is 11.8 Å². The molecule has 1 aliphatic rings. The fourth-order valence-electron chi connectivity index (χ4n) is 4.31. The minimum atomic E-state index is -0.134. The van der Waals surface area contributed by atoms with Crippen LogP contribution in [0.1, 0.15) is 43.6 Å². The second-order valence-electron chi connectivity index (χ2n) is 8.45. The van der Waals surface area contributed by atoms with Crippen molar-refractivity contribution in [3.8, 4) is 0 Å². The first-order chi connectivity index (χ1) is 15.0. The lowest BCUT2D eigenvalue weighted by atomic mass is 9.94. The molecule has 0 saturated carbocycles. The van der Waals surface area contributed by atoms with Crippen molar-refractivity contribution < 1.29 is 14.0 Å². The molecule has 0 aliphatic carbocycles. The molecule has 1 aromatic heterocycles. The van der Waals surface area contributed by atoms with Crippen LogP contribution in [0, 0.1) is 5.92 Å². The van der Waals surface area contributed by atoms with Gasteiger partial charge >= 0.3 is 0 Å². The van der Waals surface area contributed by atoms with Gasteiger partial charge in [-0.25, -0.2) is 0 Å². The maximum Gasteiger partial charge on any atom is 0.226 e. The highest BCUT2D eigenvalue weighted by molar-refractivity contribution is 5.81. The molecule has 31 heavy (non-hydrogen) atoms. The predicted octanol–water partition coefficient (Wildman–Crippen LogP) is 4.82. The van der Waals surface area contributed by atoms with E-state index in [9.17, 15) is 9.59 Å². The monoisotopic (exact) mass is 418 g/mol. The Balaban J connectivity index is 1.29. The van der Waals surface area contributed by atoms with Crippen molar-refractivity contribution in [2.75, 3.05) is 20.1 Å². The van der Waals surface area contributed by atoms with Gasteiger partial charge in [0, 0.05) is 37.9 Å². The summed E-state index contributed by atoms with van der Waals surface area (Å²) in [4.78, 5) is 29.4. The van der Waals surface area contributed by atoms with E-state index in [-0.39, 0.29) is 23.8 Å². The van der Waals surface area contributed by atoms with Crippen molar-refractivity contribution in [1.29, 1.82) is 0 Å². The van der Waals surface area contributed by atoms with Crippen molar-refractivity contribution in [2.24, 2.45) is 5.92 Å². The number of para-hydroxylation sites is 1. The SMILES string of the molecule is CC(c1cc2ccccc2o1)N(C)C(=O)C1CCN(C(=O)CCc2ccccc2)CC1. The second kappa shape index (κ2) is 9.38. The summed E-state index contributed by atoms with van der Waals surface area (Å²) in [7, 11) is 1.84. The summed E-state index contributed by atoms with van der Waals surface area (Å²) in [6.07, 6.45) is 2.71. The highest BCUT2D eigenvalue weighted by Gasteiger charge is 2.31. The van der Waals surface area contributed by atoms with Crippen LogP contribution in [0.2, 0.25) is 0 Å². The predicted molar refractivity (Wildman–Crippen MR) is 121 cm³/mol. The Hall–Kier alpha value is -3.08. The molecular weight excluding hydrogens is 388 g/mol. The number of furan rings is 1. The highest BCUT2D eigenvalue weighted by Crippen LogP contribution is 2.29. The van der Waals surface area contributed by atoms with E-state index in [0.717, 1.165) is 23.2 Å². The first kappa shape index (κ1) is 21.2. The van der Waals surface area contributed by atoms with Crippen LogP contribution in [-0.4, -0.2) is 41.8 Å². The molecule has 1 saturated heterocycles. The van der Waals surface area contributed by atoms with E-state index in [1.165, 1.54) is 5.56 Å². The molecule has 1 fully saturated rings. The number of amides is 2. The molecule has 5 heteroatoms. The van der Waals surface area contributed by atoms with Gasteiger partial charge in [0.15, 0.2) is 0 Å². The highest BCUT2D eigenvalue weighted by atomic mass is 16.3. The molecule has 0 spiro atoms. The number of piperidine rings is 1. The first-order valence-corrected chi connectivity index (χ1v) is 11.1. The van der Waals surface area contributed by atoms with Gasteiger partial charge in [-0.1, -0.05) is 48.5 Å². The normalized spacial score (nSPS) is 15.7. The van der Waals surface area contributed by atoms with Gasteiger partial charge in [-0.05, 0) is 43.9 Å². The summed E-state index contributed by atoms with van der Waals surface area (Å²) in [6.45, 7) is 3.30. The van der Waals surface area contributed by atoms with Gasteiger partial charge in [-0.2, -0.15) is 0 Å². The van der Waals surface area contributed by atoms with Crippen molar-refractivity contribution in [2.45, 2.75) is 38.6 Å². The zero-order chi connectivity index (χ0) is 21.8. The molecule has 0 bridgehead atoms. The smallest absolute Gasteiger partial charge is 0.226 e. The van der Waals surface area contributed by atoms with E-state index < -0.39 is 0 Å². The van der Waals surface area contributed by atoms with E-state index in [0.29, 0.717) is 32.4 Å². The maximum absolute atomic E-state index is 13.1. The molecule has 0 radical (unpaired) electrons. The van der Waals surface area contributed by atoms with Crippen LogP contribution >= 0.6 is 0 Å². The van der Waals surface area contributed by atoms with E-state index in [2.05, 4.69) is 12.1 Å². The number of nitrogens with zero attached hydrogens (tertiary/aromatic N) is 2. The average molecular weight is 419 g/mol. The van der Waals surface area contributed by atoms with E-state index in [1.54, 1.807) is 4.90 Å². The molecular formula is C26H30N2O3. The largest absolute Gasteiger partial charge is 0.459 e. The molecule has 1 atom stereocenters. The van der Waals surface area contributed by atoms with Crippen LogP contribution in [0.25, 0.3) is 11.0 Å². The standard InChI is InChI=1S/C26H30N2O3/c1-19(24-18-22-10-6-7-11-23(22)31-24)27(2)26(30)21-14-16-28(17-15-21)25(29)13-12-20-8-4-3-5-9-20/h3-11,18-19,21H,12-17H2,1-2H3. The van der Waals surface area contributed by atoms with E-state index in [1.807, 2.05) is 67.4 Å². The number of carbonyl (C=O) groups excluding carboxylic acids is 2. The molecule has 162 valence electrons. The molecule has 4 rings (SSSR count). The maximum atomic E-state index is 13.1. The lowest BCUT2D eigenvalue weighted by Gasteiger charge is -2.34. The molecule has 2 aromatic carbocycles. The van der Waals surface area contributed by atoms with Crippen molar-refractivity contribution in [1.82, 2.24) is 9.80 Å². The Kier molecular flexibility index (Phi) is 6.40. The number of rotatable bonds is 6. The topological polar surface area (TPSA) is 53.8 Å². The van der Waals surface area contributed by atoms with E-state index >= 15 is 0 Å². The van der Waals surface area contributed by atoms with Gasteiger partial charge in [0.25, 0.3) is 0 Å². The fourth-order valence-corrected chi connectivity index (χ4v) is 4.31. The zero-order valence-electron chi connectivity index (χ0n) is 18.3. The second-order valence-corrected chi connectivity index (χ2v) is 8.45. The Bertz CT molecular complexity index is 1000. The van der Waals surface area contributed by atoms with Crippen LogP contribution in [0.3, 0.4) is 0 Å². The van der Waals surface area contributed by atoms with Crippen molar-refractivity contribution in [3.05, 3.63) is 72.0 Å². The summed E-state index contributed by atoms with van der Waals surface area (Å²) < 4.78 is 5.95. The summed E-state index contributed by atoms with van der Waals surface area (Å²) in [6, 6.07) is 19.9. The number of likely N-dealkylation sites (tertiary alicyclic amines) is 1. The zero-order valence-corrected chi connectivity index (χ0v) is 18.3. The summed E-state index contributed by atoms with van der Waals surface area (Å²) in [5.74, 6) is 1.06. The average Bonchev–Trinajstić information content (AvgIpc) is 3.26. The van der Waals surface area contributed by atoms with Gasteiger partial charge in [-0.15, -0.1) is 0 Å². The molecule has 1 unspecified atom stereocenters. The summed E-state index contributed by atoms with van der Waals surface area (Å²) in [5.41, 5.74) is 2.02. The van der Waals surface area contributed by atoms with Crippen molar-refractivity contribution in [3.63, 3.8) is 0 Å². The van der Waals surface area contributed by atoms with Crippen LogP contribution < -0.4 is 0 Å². The van der Waals surface area contributed by atoms with Gasteiger partial charge in [0.1, 0.15) is 11.3 Å². The molecule has 0 N–H and O–H groups in total. The lowest BCUT2D eigenvalue weighted by molar-refractivity contribution is -0.141. The summed E-state index contributed by atoms with van der Waals surface area (Å²) >= 11 is 0. The fraction of sp³-hybridized carbons (Fsp3) is 0.385. The number of hydrogen-bond donors (Lipinski definition) is 0. The minimum absolute atomic E-state index is 0.0463. The Labute approximate surface area is 183 Å². The van der Waals surface area contributed by atoms with Crippen LogP contribution in [-0.2, 0) is 16.0 Å². The Morgan fingerprint density at radius 3 is 2.45 bits per heavy atom. The third-order valence-electron chi connectivity index (χ3n) is 6.45. The number of hydrogen-bond acceptors (Lipinski definition) is 3. The van der Waals surface area contributed by atoms with E-state index in [4.69, 9.17) is 4.42 Å². The Morgan fingerprint density at radius 1 is 1.06 bits per heavy atom. The quantitative estimate of drug-likeness (QED) is 0.576. The van der Waals surface area contributed by atoms with Gasteiger partial charge in [0.05, 0.1) is 6.04 Å². The van der Waals surface area contributed by atoms with Crippen LogP contribution in [0.5, 0.6) is 0 Å². The number of aryl methyl sites for hydroxylation is 1. The van der Waals surface area contributed by atoms with Gasteiger partial charge < -0.3 is 14.2 Å². The molecule has 2 heterocycles. The Morgan fingerprint density at radius 2 is 1.74 bits per heavy atom. The van der Waals surface area contributed by atoms with Crippen LogP contribution in [0.4, 0.5) is 0 Å². The molecule has 1 aliphatic heterocycles. The number of fused-ring (bicyclic) bond motifs is 1. The number of benzene rings is 2. The third-order valence-corrected chi connectivity index (χ3v) is 6.45. The number of carbonyl (C=O) groups is 2. The summed E-state index contributed by atoms with van der Waals surface area (Å²) in [5, 5.41) is 1.05.